The van der Waals surface area contributed by atoms with Crippen molar-refractivity contribution in [2.75, 3.05) is 0 Å². The third kappa shape index (κ3) is 3.08. The van der Waals surface area contributed by atoms with Gasteiger partial charge in [0.1, 0.15) is 5.75 Å². The van der Waals surface area contributed by atoms with Gasteiger partial charge in [0.25, 0.3) is 0 Å². The SMILES string of the molecule is O=C(/C=C/c1ccccc1O)c1ccc(Br)cc1. The minimum absolute atomic E-state index is 0.0919. The largest absolute Gasteiger partial charge is 0.507 e. The molecule has 0 heterocycles. The van der Waals surface area contributed by atoms with E-state index >= 15 is 0 Å². The summed E-state index contributed by atoms with van der Waals surface area (Å²) in [6.07, 6.45) is 3.07. The van der Waals surface area contributed by atoms with Gasteiger partial charge in [-0.1, -0.05) is 34.1 Å². The highest BCUT2D eigenvalue weighted by Crippen LogP contribution is 2.17. The molecule has 1 N–H and O–H groups in total. The van der Waals surface area contributed by atoms with Crippen molar-refractivity contribution in [1.29, 1.82) is 0 Å². The predicted molar refractivity (Wildman–Crippen MR) is 75.6 cm³/mol. The summed E-state index contributed by atoms with van der Waals surface area (Å²) in [4.78, 5) is 11.9. The maximum Gasteiger partial charge on any atom is 0.185 e. The van der Waals surface area contributed by atoms with E-state index in [0.29, 0.717) is 11.1 Å². The van der Waals surface area contributed by atoms with Gasteiger partial charge in [-0.3, -0.25) is 4.79 Å². The average Bonchev–Trinajstić information content (AvgIpc) is 2.38. The van der Waals surface area contributed by atoms with E-state index < -0.39 is 0 Å². The lowest BCUT2D eigenvalue weighted by Crippen LogP contribution is -1.93. The fourth-order valence-electron chi connectivity index (χ4n) is 1.50. The van der Waals surface area contributed by atoms with Crippen LogP contribution in [0, 0.1) is 0 Å². The first kappa shape index (κ1) is 12.6. The molecule has 0 aliphatic rings. The van der Waals surface area contributed by atoms with Gasteiger partial charge < -0.3 is 5.11 Å². The van der Waals surface area contributed by atoms with Crippen LogP contribution in [0.3, 0.4) is 0 Å². The molecule has 2 nitrogen and oxygen atoms in total. The number of phenolic OH excluding ortho intramolecular Hbond substituents is 1. The highest BCUT2D eigenvalue weighted by Gasteiger charge is 2.01. The van der Waals surface area contributed by atoms with Gasteiger partial charge in [-0.25, -0.2) is 0 Å². The molecule has 0 amide bonds. The molecule has 2 rings (SSSR count). The topological polar surface area (TPSA) is 37.3 Å². The smallest absolute Gasteiger partial charge is 0.185 e. The number of phenols is 1. The minimum Gasteiger partial charge on any atom is -0.507 e. The van der Waals surface area contributed by atoms with Crippen LogP contribution in [0.25, 0.3) is 6.08 Å². The molecule has 0 saturated heterocycles. The lowest BCUT2D eigenvalue weighted by molar-refractivity contribution is 0.104. The molecule has 2 aromatic carbocycles. The van der Waals surface area contributed by atoms with Gasteiger partial charge in [0.15, 0.2) is 5.78 Å². The number of halogens is 1. The number of carbonyl (C=O) groups is 1. The fraction of sp³-hybridized carbons (Fsp3) is 0. The highest BCUT2D eigenvalue weighted by molar-refractivity contribution is 9.10. The van der Waals surface area contributed by atoms with Gasteiger partial charge in [0.05, 0.1) is 0 Å². The molecule has 0 fully saturated rings. The van der Waals surface area contributed by atoms with Crippen molar-refractivity contribution in [2.45, 2.75) is 0 Å². The zero-order chi connectivity index (χ0) is 13.0. The van der Waals surface area contributed by atoms with Crippen LogP contribution in [-0.4, -0.2) is 10.9 Å². The molecule has 18 heavy (non-hydrogen) atoms. The van der Waals surface area contributed by atoms with Gasteiger partial charge in [0, 0.05) is 15.6 Å². The summed E-state index contributed by atoms with van der Waals surface area (Å²) in [6, 6.07) is 14.0. The summed E-state index contributed by atoms with van der Waals surface area (Å²) >= 11 is 3.32. The van der Waals surface area contributed by atoms with E-state index in [9.17, 15) is 9.90 Å². The predicted octanol–water partition coefficient (Wildman–Crippen LogP) is 4.05. The van der Waals surface area contributed by atoms with Gasteiger partial charge in [0.2, 0.25) is 0 Å². The number of allylic oxidation sites excluding steroid dienone is 1. The second-order valence-electron chi connectivity index (χ2n) is 3.76. The summed E-state index contributed by atoms with van der Waals surface area (Å²) in [5.41, 5.74) is 1.24. The Kier molecular flexibility index (Phi) is 3.95. The van der Waals surface area contributed by atoms with E-state index in [0.717, 1.165) is 4.47 Å². The molecular formula is C15H11BrO2. The van der Waals surface area contributed by atoms with Crippen LogP contribution in [0.15, 0.2) is 59.1 Å². The monoisotopic (exact) mass is 302 g/mol. The highest BCUT2D eigenvalue weighted by atomic mass is 79.9. The van der Waals surface area contributed by atoms with Crippen molar-refractivity contribution in [1.82, 2.24) is 0 Å². The van der Waals surface area contributed by atoms with E-state index in [2.05, 4.69) is 15.9 Å². The second-order valence-corrected chi connectivity index (χ2v) is 4.68. The third-order valence-electron chi connectivity index (χ3n) is 2.48. The Bertz CT molecular complexity index is 586. The Labute approximate surface area is 114 Å². The van der Waals surface area contributed by atoms with Crippen LogP contribution in [0.1, 0.15) is 15.9 Å². The molecule has 0 aromatic heterocycles. The molecule has 2 aromatic rings. The minimum atomic E-state index is -0.0919. The van der Waals surface area contributed by atoms with Crippen LogP contribution < -0.4 is 0 Å². The summed E-state index contributed by atoms with van der Waals surface area (Å²) in [7, 11) is 0. The molecular weight excluding hydrogens is 292 g/mol. The van der Waals surface area contributed by atoms with Crippen molar-refractivity contribution in [2.24, 2.45) is 0 Å². The van der Waals surface area contributed by atoms with Crippen molar-refractivity contribution >= 4 is 27.8 Å². The molecule has 0 aliphatic heterocycles. The Morgan fingerprint density at radius 3 is 2.39 bits per heavy atom. The zero-order valence-electron chi connectivity index (χ0n) is 9.51. The molecule has 0 aliphatic carbocycles. The maximum atomic E-state index is 11.9. The van der Waals surface area contributed by atoms with E-state index in [4.69, 9.17) is 0 Å². The number of aromatic hydroxyl groups is 1. The molecule has 90 valence electrons. The lowest BCUT2D eigenvalue weighted by atomic mass is 10.1. The Balaban J connectivity index is 2.17. The summed E-state index contributed by atoms with van der Waals surface area (Å²) in [5.74, 6) is 0.0723. The Morgan fingerprint density at radius 1 is 1.06 bits per heavy atom. The number of ketones is 1. The molecule has 0 unspecified atom stereocenters. The molecule has 3 heteroatoms. The van der Waals surface area contributed by atoms with E-state index in [1.165, 1.54) is 6.08 Å². The summed E-state index contributed by atoms with van der Waals surface area (Å²) < 4.78 is 0.934. The first-order valence-electron chi connectivity index (χ1n) is 5.43. The van der Waals surface area contributed by atoms with Gasteiger partial charge in [-0.05, 0) is 42.5 Å². The van der Waals surface area contributed by atoms with Crippen molar-refractivity contribution in [3.05, 3.63) is 70.2 Å². The van der Waals surface area contributed by atoms with Crippen molar-refractivity contribution in [3.8, 4) is 5.75 Å². The number of rotatable bonds is 3. The number of para-hydroxylation sites is 1. The maximum absolute atomic E-state index is 11.9. The second kappa shape index (κ2) is 5.65. The molecule has 0 radical (unpaired) electrons. The zero-order valence-corrected chi connectivity index (χ0v) is 11.1. The standard InChI is InChI=1S/C15H11BrO2/c16-13-8-5-12(6-9-13)15(18)10-7-11-3-1-2-4-14(11)17/h1-10,17H/b10-7+. The van der Waals surface area contributed by atoms with E-state index in [1.54, 1.807) is 36.4 Å². The quantitative estimate of drug-likeness (QED) is 0.686. The van der Waals surface area contributed by atoms with E-state index in [-0.39, 0.29) is 11.5 Å². The first-order chi connectivity index (χ1) is 8.66. The Hall–Kier alpha value is -1.87. The number of hydrogen-bond donors (Lipinski definition) is 1. The number of carbonyl (C=O) groups excluding carboxylic acids is 1. The number of benzene rings is 2. The van der Waals surface area contributed by atoms with Gasteiger partial charge >= 0.3 is 0 Å². The molecule has 0 bridgehead atoms. The molecule has 0 atom stereocenters. The van der Waals surface area contributed by atoms with Crippen LogP contribution in [0.4, 0.5) is 0 Å². The van der Waals surface area contributed by atoms with Gasteiger partial charge in [-0.2, -0.15) is 0 Å². The summed E-state index contributed by atoms with van der Waals surface area (Å²) in [5, 5.41) is 9.56. The molecule has 0 spiro atoms. The lowest BCUT2D eigenvalue weighted by Gasteiger charge is -1.98. The normalized spacial score (nSPS) is 10.7. The van der Waals surface area contributed by atoms with E-state index in [1.807, 2.05) is 18.2 Å². The van der Waals surface area contributed by atoms with Gasteiger partial charge in [-0.15, -0.1) is 0 Å². The fourth-order valence-corrected chi connectivity index (χ4v) is 1.77. The van der Waals surface area contributed by atoms with Crippen LogP contribution in [0.2, 0.25) is 0 Å². The van der Waals surface area contributed by atoms with Crippen LogP contribution in [0.5, 0.6) is 5.75 Å². The number of hydrogen-bond acceptors (Lipinski definition) is 2. The average molecular weight is 303 g/mol. The molecule has 0 saturated carbocycles. The van der Waals surface area contributed by atoms with Crippen molar-refractivity contribution < 1.29 is 9.90 Å². The van der Waals surface area contributed by atoms with Crippen LogP contribution >= 0.6 is 15.9 Å². The first-order valence-corrected chi connectivity index (χ1v) is 6.22. The third-order valence-corrected chi connectivity index (χ3v) is 3.01. The van der Waals surface area contributed by atoms with Crippen LogP contribution in [-0.2, 0) is 0 Å². The summed E-state index contributed by atoms with van der Waals surface area (Å²) in [6.45, 7) is 0. The van der Waals surface area contributed by atoms with Crippen molar-refractivity contribution in [3.63, 3.8) is 0 Å². The Morgan fingerprint density at radius 2 is 1.72 bits per heavy atom.